The van der Waals surface area contributed by atoms with Gasteiger partial charge in [-0.25, -0.2) is 4.79 Å². The van der Waals surface area contributed by atoms with Gasteiger partial charge in [0.15, 0.2) is 0 Å². The molecule has 0 aliphatic carbocycles. The SMILES string of the molecule is O=C(O)c1ccc(Cl)c(N2CC(C(=O)O)CC2=O)c1. The number of carbonyl (C=O) groups is 3. The zero-order valence-electron chi connectivity index (χ0n) is 9.67. The topological polar surface area (TPSA) is 94.9 Å². The average Bonchev–Trinajstić information content (AvgIpc) is 2.72. The van der Waals surface area contributed by atoms with Gasteiger partial charge in [-0.15, -0.1) is 0 Å². The van der Waals surface area contributed by atoms with E-state index in [0.717, 1.165) is 0 Å². The number of anilines is 1. The van der Waals surface area contributed by atoms with E-state index in [0.29, 0.717) is 0 Å². The van der Waals surface area contributed by atoms with Gasteiger partial charge in [0, 0.05) is 13.0 Å². The number of aliphatic carboxylic acids is 1. The number of rotatable bonds is 3. The Labute approximate surface area is 113 Å². The van der Waals surface area contributed by atoms with Gasteiger partial charge in [0.25, 0.3) is 0 Å². The van der Waals surface area contributed by atoms with E-state index in [4.69, 9.17) is 21.8 Å². The molecule has 0 aromatic heterocycles. The highest BCUT2D eigenvalue weighted by Crippen LogP contribution is 2.32. The maximum Gasteiger partial charge on any atom is 0.335 e. The Hall–Kier alpha value is -2.08. The molecule has 1 atom stereocenters. The van der Waals surface area contributed by atoms with Crippen LogP contribution in [0.2, 0.25) is 5.02 Å². The molecule has 2 rings (SSSR count). The lowest BCUT2D eigenvalue weighted by atomic mass is 10.1. The van der Waals surface area contributed by atoms with Crippen molar-refractivity contribution in [2.75, 3.05) is 11.4 Å². The van der Waals surface area contributed by atoms with Crippen molar-refractivity contribution in [3.63, 3.8) is 0 Å². The Morgan fingerprint density at radius 1 is 1.32 bits per heavy atom. The highest BCUT2D eigenvalue weighted by atomic mass is 35.5. The molecule has 2 N–H and O–H groups in total. The summed E-state index contributed by atoms with van der Waals surface area (Å²) in [7, 11) is 0. The summed E-state index contributed by atoms with van der Waals surface area (Å²) in [6.07, 6.45) is -0.108. The molecule has 1 unspecified atom stereocenters. The lowest BCUT2D eigenvalue weighted by Gasteiger charge is -2.18. The Balaban J connectivity index is 2.36. The van der Waals surface area contributed by atoms with E-state index in [1.54, 1.807) is 0 Å². The van der Waals surface area contributed by atoms with Gasteiger partial charge in [0.05, 0.1) is 22.2 Å². The quantitative estimate of drug-likeness (QED) is 0.876. The molecule has 1 amide bonds. The number of carboxylic acids is 2. The zero-order valence-corrected chi connectivity index (χ0v) is 10.4. The molecular formula is C12H10ClNO5. The maximum atomic E-state index is 11.8. The van der Waals surface area contributed by atoms with E-state index in [9.17, 15) is 14.4 Å². The average molecular weight is 284 g/mol. The van der Waals surface area contributed by atoms with Gasteiger partial charge in [0.2, 0.25) is 5.91 Å². The molecule has 6 nitrogen and oxygen atoms in total. The van der Waals surface area contributed by atoms with Crippen LogP contribution < -0.4 is 4.90 Å². The minimum atomic E-state index is -1.14. The van der Waals surface area contributed by atoms with Crippen LogP contribution >= 0.6 is 11.6 Å². The van der Waals surface area contributed by atoms with E-state index in [1.807, 2.05) is 0 Å². The molecule has 100 valence electrons. The van der Waals surface area contributed by atoms with Crippen LogP contribution in [-0.4, -0.2) is 34.6 Å². The summed E-state index contributed by atoms with van der Waals surface area (Å²) in [6, 6.07) is 3.97. The fourth-order valence-corrected chi connectivity index (χ4v) is 2.18. The van der Waals surface area contributed by atoms with Crippen LogP contribution in [0.25, 0.3) is 0 Å². The maximum absolute atomic E-state index is 11.8. The summed E-state index contributed by atoms with van der Waals surface area (Å²) in [5.41, 5.74) is 0.223. The van der Waals surface area contributed by atoms with Gasteiger partial charge in [0.1, 0.15) is 0 Å². The van der Waals surface area contributed by atoms with E-state index in [-0.39, 0.29) is 35.1 Å². The summed E-state index contributed by atoms with van der Waals surface area (Å²) >= 11 is 5.94. The molecule has 1 aliphatic heterocycles. The highest BCUT2D eigenvalue weighted by molar-refractivity contribution is 6.34. The van der Waals surface area contributed by atoms with Gasteiger partial charge in [-0.05, 0) is 18.2 Å². The third kappa shape index (κ3) is 2.53. The van der Waals surface area contributed by atoms with Crippen LogP contribution in [0.1, 0.15) is 16.8 Å². The van der Waals surface area contributed by atoms with Gasteiger partial charge >= 0.3 is 11.9 Å². The van der Waals surface area contributed by atoms with Crippen LogP contribution in [0.15, 0.2) is 18.2 Å². The largest absolute Gasteiger partial charge is 0.481 e. The second-order valence-corrected chi connectivity index (χ2v) is 4.62. The van der Waals surface area contributed by atoms with Crippen LogP contribution in [0.3, 0.4) is 0 Å². The number of carboxylic acid groups (broad SMARTS) is 2. The highest BCUT2D eigenvalue weighted by Gasteiger charge is 2.36. The van der Waals surface area contributed by atoms with Crippen LogP contribution in [0.4, 0.5) is 5.69 Å². The molecule has 1 aromatic rings. The molecule has 19 heavy (non-hydrogen) atoms. The second kappa shape index (κ2) is 4.89. The van der Waals surface area contributed by atoms with E-state index >= 15 is 0 Å². The standard InChI is InChI=1S/C12H10ClNO5/c13-8-2-1-6(11(16)17)3-9(8)14-5-7(12(18)19)4-10(14)15/h1-3,7H,4-5H2,(H,16,17)(H,18,19). The first kappa shape index (κ1) is 13.4. The number of nitrogens with zero attached hydrogens (tertiary/aromatic N) is 1. The summed E-state index contributed by atoms with van der Waals surface area (Å²) < 4.78 is 0. The van der Waals surface area contributed by atoms with Crippen molar-refractivity contribution in [1.82, 2.24) is 0 Å². The first-order chi connectivity index (χ1) is 8.90. The van der Waals surface area contributed by atoms with Gasteiger partial charge in [-0.1, -0.05) is 11.6 Å². The third-order valence-corrected chi connectivity index (χ3v) is 3.28. The fourth-order valence-electron chi connectivity index (χ4n) is 1.96. The molecule has 1 heterocycles. The Kier molecular flexibility index (Phi) is 3.44. The van der Waals surface area contributed by atoms with Crippen molar-refractivity contribution in [2.24, 2.45) is 5.92 Å². The summed E-state index contributed by atoms with van der Waals surface area (Å²) in [4.78, 5) is 34.8. The summed E-state index contributed by atoms with van der Waals surface area (Å²) in [5.74, 6) is -3.37. The first-order valence-corrected chi connectivity index (χ1v) is 5.84. The molecule has 0 spiro atoms. The van der Waals surface area contributed by atoms with E-state index in [1.165, 1.54) is 23.1 Å². The van der Waals surface area contributed by atoms with Crippen LogP contribution in [-0.2, 0) is 9.59 Å². The molecule has 0 saturated carbocycles. The van der Waals surface area contributed by atoms with E-state index in [2.05, 4.69) is 0 Å². The van der Waals surface area contributed by atoms with Gasteiger partial charge in [-0.3, -0.25) is 9.59 Å². The number of amides is 1. The smallest absolute Gasteiger partial charge is 0.335 e. The lowest BCUT2D eigenvalue weighted by molar-refractivity contribution is -0.141. The molecule has 1 aromatic carbocycles. The van der Waals surface area contributed by atoms with Crippen molar-refractivity contribution < 1.29 is 24.6 Å². The first-order valence-electron chi connectivity index (χ1n) is 5.46. The number of hydrogen-bond donors (Lipinski definition) is 2. The Bertz CT molecular complexity index is 571. The fraction of sp³-hybridized carbons (Fsp3) is 0.250. The number of hydrogen-bond acceptors (Lipinski definition) is 3. The molecule has 1 fully saturated rings. The normalized spacial score (nSPS) is 18.7. The van der Waals surface area contributed by atoms with Gasteiger partial charge in [-0.2, -0.15) is 0 Å². The minimum absolute atomic E-state index is 0.00302. The van der Waals surface area contributed by atoms with Crippen LogP contribution in [0.5, 0.6) is 0 Å². The molecule has 1 aliphatic rings. The van der Waals surface area contributed by atoms with Crippen LogP contribution in [0, 0.1) is 5.92 Å². The van der Waals surface area contributed by atoms with E-state index < -0.39 is 17.9 Å². The number of aromatic carboxylic acids is 1. The van der Waals surface area contributed by atoms with Crippen molar-refractivity contribution in [2.45, 2.75) is 6.42 Å². The third-order valence-electron chi connectivity index (χ3n) is 2.96. The Morgan fingerprint density at radius 2 is 2.00 bits per heavy atom. The molecule has 1 saturated heterocycles. The number of halogens is 1. The minimum Gasteiger partial charge on any atom is -0.481 e. The van der Waals surface area contributed by atoms with Gasteiger partial charge < -0.3 is 15.1 Å². The van der Waals surface area contributed by atoms with Crippen molar-refractivity contribution >= 4 is 35.1 Å². The summed E-state index contributed by atoms with van der Waals surface area (Å²) in [6.45, 7) is -0.00302. The predicted molar refractivity (Wildman–Crippen MR) is 66.5 cm³/mol. The van der Waals surface area contributed by atoms with Crippen molar-refractivity contribution in [3.8, 4) is 0 Å². The molecule has 0 bridgehead atoms. The van der Waals surface area contributed by atoms with Crippen molar-refractivity contribution in [3.05, 3.63) is 28.8 Å². The lowest BCUT2D eigenvalue weighted by Crippen LogP contribution is -2.26. The molecule has 7 heteroatoms. The summed E-state index contributed by atoms with van der Waals surface area (Å²) in [5, 5.41) is 18.0. The monoisotopic (exact) mass is 283 g/mol. The second-order valence-electron chi connectivity index (χ2n) is 4.21. The number of carbonyl (C=O) groups excluding carboxylic acids is 1. The molecular weight excluding hydrogens is 274 g/mol. The molecule has 0 radical (unpaired) electrons. The predicted octanol–water partition coefficient (Wildman–Crippen LogP) is 1.48. The Morgan fingerprint density at radius 3 is 2.53 bits per heavy atom. The number of benzene rings is 1. The van der Waals surface area contributed by atoms with Crippen molar-refractivity contribution in [1.29, 1.82) is 0 Å². The zero-order chi connectivity index (χ0) is 14.2.